The largest absolute Gasteiger partial charge is 0.456 e. The fraction of sp³-hybridized carbons (Fsp3) is 0.0667. The van der Waals surface area contributed by atoms with Gasteiger partial charge in [-0.2, -0.15) is 0 Å². The Balaban J connectivity index is 1.50. The molecule has 0 aliphatic carbocycles. The number of ether oxygens (including phenoxy) is 1. The van der Waals surface area contributed by atoms with Gasteiger partial charge < -0.3 is 14.5 Å². The standard InChI is InChI=1S/C30H22N2O4/c33-32(34)26-18-10-7-15-23(26)27-19-20-28(35-27)29-31-25-17-9-8-16-24(25)30(36-29,21-11-3-1-4-12-21)22-13-5-2-6-14-22/h1-20,29,31H/t29-/m0/s1. The predicted molar refractivity (Wildman–Crippen MR) is 137 cm³/mol. The molecule has 0 bridgehead atoms. The van der Waals surface area contributed by atoms with Gasteiger partial charge >= 0.3 is 0 Å². The minimum absolute atomic E-state index is 0.0100. The lowest BCUT2D eigenvalue weighted by atomic mass is 9.78. The summed E-state index contributed by atoms with van der Waals surface area (Å²) in [7, 11) is 0. The van der Waals surface area contributed by atoms with E-state index in [2.05, 4.69) is 35.6 Å². The zero-order chi connectivity index (χ0) is 24.5. The molecule has 5 aromatic rings. The van der Waals surface area contributed by atoms with Crippen LogP contribution in [0.3, 0.4) is 0 Å². The van der Waals surface area contributed by atoms with Gasteiger partial charge in [0.15, 0.2) is 12.0 Å². The fourth-order valence-electron chi connectivity index (χ4n) is 4.90. The van der Waals surface area contributed by atoms with E-state index in [4.69, 9.17) is 9.15 Å². The Bertz CT molecular complexity index is 1490. The molecule has 36 heavy (non-hydrogen) atoms. The molecule has 1 N–H and O–H groups in total. The number of hydrogen-bond donors (Lipinski definition) is 1. The van der Waals surface area contributed by atoms with Crippen molar-refractivity contribution in [3.63, 3.8) is 0 Å². The predicted octanol–water partition coefficient (Wildman–Crippen LogP) is 7.29. The molecule has 0 amide bonds. The molecule has 0 fully saturated rings. The second kappa shape index (κ2) is 8.83. The van der Waals surface area contributed by atoms with Gasteiger partial charge in [-0.3, -0.25) is 10.1 Å². The summed E-state index contributed by atoms with van der Waals surface area (Å²) in [4.78, 5) is 11.2. The molecule has 0 unspecified atom stereocenters. The Kier molecular flexibility index (Phi) is 5.36. The van der Waals surface area contributed by atoms with Gasteiger partial charge in [-0.15, -0.1) is 0 Å². The van der Waals surface area contributed by atoms with Gasteiger partial charge in [0.25, 0.3) is 5.69 Å². The van der Waals surface area contributed by atoms with Gasteiger partial charge in [0.05, 0.1) is 10.5 Å². The van der Waals surface area contributed by atoms with Gasteiger partial charge in [0.2, 0.25) is 0 Å². The van der Waals surface area contributed by atoms with Crippen LogP contribution in [0.15, 0.2) is 126 Å². The number of nitro benzene ring substituents is 1. The van der Waals surface area contributed by atoms with Crippen molar-refractivity contribution >= 4 is 11.4 Å². The minimum atomic E-state index is -0.902. The van der Waals surface area contributed by atoms with E-state index in [0.29, 0.717) is 17.1 Å². The average molecular weight is 475 g/mol. The fourth-order valence-corrected chi connectivity index (χ4v) is 4.90. The van der Waals surface area contributed by atoms with Crippen LogP contribution in [0.25, 0.3) is 11.3 Å². The smallest absolute Gasteiger partial charge is 0.280 e. The first-order valence-electron chi connectivity index (χ1n) is 11.7. The molecule has 0 saturated heterocycles. The zero-order valence-electron chi connectivity index (χ0n) is 19.2. The van der Waals surface area contributed by atoms with Crippen molar-refractivity contribution in [2.24, 2.45) is 0 Å². The molecule has 2 heterocycles. The first kappa shape index (κ1) is 21.8. The Morgan fingerprint density at radius 2 is 1.33 bits per heavy atom. The number of nitro groups is 1. The summed E-state index contributed by atoms with van der Waals surface area (Å²) in [6.07, 6.45) is -0.642. The second-order valence-corrected chi connectivity index (χ2v) is 8.58. The summed E-state index contributed by atoms with van der Waals surface area (Å²) in [5.74, 6) is 0.931. The first-order valence-corrected chi connectivity index (χ1v) is 11.7. The molecular formula is C30H22N2O4. The highest BCUT2D eigenvalue weighted by molar-refractivity contribution is 5.70. The van der Waals surface area contributed by atoms with E-state index in [1.807, 2.05) is 54.6 Å². The molecule has 6 heteroatoms. The monoisotopic (exact) mass is 474 g/mol. The van der Waals surface area contributed by atoms with Crippen molar-refractivity contribution in [3.8, 4) is 11.3 Å². The number of rotatable bonds is 5. The molecule has 6 nitrogen and oxygen atoms in total. The van der Waals surface area contributed by atoms with Gasteiger partial charge in [-0.05, 0) is 35.4 Å². The summed E-state index contributed by atoms with van der Waals surface area (Å²) >= 11 is 0. The molecule has 1 aliphatic rings. The lowest BCUT2D eigenvalue weighted by Gasteiger charge is -2.43. The number of para-hydroxylation sites is 2. The van der Waals surface area contributed by atoms with Gasteiger partial charge in [-0.1, -0.05) is 91.0 Å². The van der Waals surface area contributed by atoms with Crippen molar-refractivity contribution in [1.29, 1.82) is 0 Å². The van der Waals surface area contributed by atoms with E-state index in [-0.39, 0.29) is 5.69 Å². The summed E-state index contributed by atoms with van der Waals surface area (Å²) in [6.45, 7) is 0. The van der Waals surface area contributed by atoms with Crippen molar-refractivity contribution in [3.05, 3.63) is 154 Å². The molecule has 0 saturated carbocycles. The molecule has 1 atom stereocenters. The summed E-state index contributed by atoms with van der Waals surface area (Å²) < 4.78 is 13.1. The number of anilines is 1. The molecular weight excluding hydrogens is 452 g/mol. The number of nitrogens with zero attached hydrogens (tertiary/aromatic N) is 1. The maximum Gasteiger partial charge on any atom is 0.280 e. The first-order chi connectivity index (χ1) is 17.7. The lowest BCUT2D eigenvalue weighted by molar-refractivity contribution is -0.384. The summed E-state index contributed by atoms with van der Waals surface area (Å²) in [5.41, 5.74) is 3.39. The quantitative estimate of drug-likeness (QED) is 0.214. The molecule has 1 aliphatic heterocycles. The second-order valence-electron chi connectivity index (χ2n) is 8.58. The minimum Gasteiger partial charge on any atom is -0.456 e. The van der Waals surface area contributed by atoms with Crippen LogP contribution in [0, 0.1) is 10.1 Å². The third-order valence-electron chi connectivity index (χ3n) is 6.50. The van der Waals surface area contributed by atoms with Crippen LogP contribution in [0.2, 0.25) is 0 Å². The van der Waals surface area contributed by atoms with E-state index in [1.54, 1.807) is 30.3 Å². The highest BCUT2D eigenvalue weighted by Crippen LogP contribution is 2.50. The molecule has 176 valence electrons. The molecule has 4 aromatic carbocycles. The van der Waals surface area contributed by atoms with Crippen molar-refractivity contribution in [1.82, 2.24) is 0 Å². The van der Waals surface area contributed by atoms with Gasteiger partial charge in [-0.25, -0.2) is 0 Å². The number of hydrogen-bond acceptors (Lipinski definition) is 5. The van der Waals surface area contributed by atoms with E-state index >= 15 is 0 Å². The van der Waals surface area contributed by atoms with Crippen LogP contribution < -0.4 is 5.32 Å². The number of nitrogens with one attached hydrogen (secondary N) is 1. The Morgan fingerprint density at radius 3 is 2.03 bits per heavy atom. The normalized spacial score (nSPS) is 16.1. The van der Waals surface area contributed by atoms with E-state index < -0.39 is 16.8 Å². The van der Waals surface area contributed by atoms with Crippen molar-refractivity contribution in [2.75, 3.05) is 5.32 Å². The summed E-state index contributed by atoms with van der Waals surface area (Å²) in [6, 6.07) is 38.4. The molecule has 0 spiro atoms. The topological polar surface area (TPSA) is 77.5 Å². The Hall–Kier alpha value is -4.68. The van der Waals surface area contributed by atoms with E-state index in [1.165, 1.54) is 6.07 Å². The van der Waals surface area contributed by atoms with Crippen LogP contribution in [-0.2, 0) is 10.3 Å². The van der Waals surface area contributed by atoms with Crippen molar-refractivity contribution in [2.45, 2.75) is 11.8 Å². The SMILES string of the molecule is O=[N+]([O-])c1ccccc1-c1ccc([C@H]2Nc3ccccc3C(c3ccccc3)(c3ccccc3)O2)o1. The van der Waals surface area contributed by atoms with Crippen LogP contribution in [0.5, 0.6) is 0 Å². The molecule has 1 aromatic heterocycles. The third-order valence-corrected chi connectivity index (χ3v) is 6.50. The summed E-state index contributed by atoms with van der Waals surface area (Å²) in [5, 5.41) is 15.0. The van der Waals surface area contributed by atoms with Gasteiger partial charge in [0, 0.05) is 17.3 Å². The van der Waals surface area contributed by atoms with Gasteiger partial charge in [0.1, 0.15) is 11.4 Å². The maximum atomic E-state index is 11.6. The van der Waals surface area contributed by atoms with Crippen LogP contribution in [-0.4, -0.2) is 4.92 Å². The van der Waals surface area contributed by atoms with Crippen molar-refractivity contribution < 1.29 is 14.1 Å². The number of benzene rings is 4. The third kappa shape index (κ3) is 3.56. The zero-order valence-corrected chi connectivity index (χ0v) is 19.2. The molecule has 0 radical (unpaired) electrons. The Labute approximate surface area is 207 Å². The van der Waals surface area contributed by atoms with Crippen LogP contribution in [0.4, 0.5) is 11.4 Å². The highest BCUT2D eigenvalue weighted by atomic mass is 16.6. The van der Waals surface area contributed by atoms with E-state index in [9.17, 15) is 10.1 Å². The lowest BCUT2D eigenvalue weighted by Crippen LogP contribution is -2.40. The number of furan rings is 1. The van der Waals surface area contributed by atoms with E-state index in [0.717, 1.165) is 22.4 Å². The van der Waals surface area contributed by atoms with Crippen LogP contribution >= 0.6 is 0 Å². The number of fused-ring (bicyclic) bond motifs is 1. The highest BCUT2D eigenvalue weighted by Gasteiger charge is 2.45. The average Bonchev–Trinajstić information content (AvgIpc) is 3.44. The Morgan fingerprint density at radius 1 is 0.722 bits per heavy atom. The van der Waals surface area contributed by atoms with Crippen LogP contribution in [0.1, 0.15) is 28.7 Å². The molecule has 6 rings (SSSR count). The maximum absolute atomic E-state index is 11.6.